The molecule has 4 amide bonds. The number of nitrogens with one attached hydrogen (secondary N) is 1. The largest absolute Gasteiger partial charge is 0.336 e. The SMILES string of the molecule is O=C1NCCN1CCN1CCN(c2cccc3c2cnn3-c2ccccc2F)C1=O. The minimum Gasteiger partial charge on any atom is -0.336 e. The molecule has 0 bridgehead atoms. The second kappa shape index (κ2) is 7.33. The number of hydrogen-bond donors (Lipinski definition) is 1. The van der Waals surface area contributed by atoms with E-state index >= 15 is 0 Å². The summed E-state index contributed by atoms with van der Waals surface area (Å²) in [7, 11) is 0. The summed E-state index contributed by atoms with van der Waals surface area (Å²) in [5.74, 6) is -0.359. The minimum absolute atomic E-state index is 0.0798. The molecule has 2 aliphatic heterocycles. The van der Waals surface area contributed by atoms with Gasteiger partial charge in [0.2, 0.25) is 0 Å². The summed E-state index contributed by atoms with van der Waals surface area (Å²) in [6.07, 6.45) is 1.67. The summed E-state index contributed by atoms with van der Waals surface area (Å²) in [6, 6.07) is 11.9. The number of carbonyl (C=O) groups is 2. The summed E-state index contributed by atoms with van der Waals surface area (Å²) < 4.78 is 15.8. The Morgan fingerprint density at radius 1 is 0.933 bits per heavy atom. The van der Waals surface area contributed by atoms with Gasteiger partial charge >= 0.3 is 12.1 Å². The summed E-state index contributed by atoms with van der Waals surface area (Å²) in [5.41, 5.74) is 1.85. The first-order chi connectivity index (χ1) is 14.6. The quantitative estimate of drug-likeness (QED) is 0.705. The van der Waals surface area contributed by atoms with Crippen molar-refractivity contribution in [2.45, 2.75) is 0 Å². The third-order valence-corrected chi connectivity index (χ3v) is 5.64. The molecular formula is C21H21FN6O2. The number of para-hydroxylation sites is 1. The molecule has 8 nitrogen and oxygen atoms in total. The highest BCUT2D eigenvalue weighted by Crippen LogP contribution is 2.31. The van der Waals surface area contributed by atoms with E-state index in [0.29, 0.717) is 45.0 Å². The average molecular weight is 408 g/mol. The number of aromatic nitrogens is 2. The van der Waals surface area contributed by atoms with E-state index in [1.54, 1.807) is 43.8 Å². The van der Waals surface area contributed by atoms with E-state index in [4.69, 9.17) is 0 Å². The van der Waals surface area contributed by atoms with Gasteiger partial charge in [-0.15, -0.1) is 0 Å². The highest BCUT2D eigenvalue weighted by Gasteiger charge is 2.32. The number of rotatable bonds is 5. The lowest BCUT2D eigenvalue weighted by Crippen LogP contribution is -2.39. The Balaban J connectivity index is 1.39. The van der Waals surface area contributed by atoms with Gasteiger partial charge in [0, 0.05) is 44.7 Å². The lowest BCUT2D eigenvalue weighted by Gasteiger charge is -2.21. The van der Waals surface area contributed by atoms with Gasteiger partial charge in [0.15, 0.2) is 0 Å². The predicted octanol–water partition coefficient (Wildman–Crippen LogP) is 2.43. The van der Waals surface area contributed by atoms with E-state index in [-0.39, 0.29) is 17.9 Å². The van der Waals surface area contributed by atoms with Crippen LogP contribution >= 0.6 is 0 Å². The number of hydrogen-bond acceptors (Lipinski definition) is 3. The first-order valence-electron chi connectivity index (χ1n) is 9.94. The normalized spacial score (nSPS) is 16.8. The van der Waals surface area contributed by atoms with Crippen molar-refractivity contribution < 1.29 is 14.0 Å². The summed E-state index contributed by atoms with van der Waals surface area (Å²) in [6.45, 7) is 3.46. The molecule has 154 valence electrons. The van der Waals surface area contributed by atoms with E-state index < -0.39 is 0 Å². The third kappa shape index (κ3) is 3.02. The molecule has 5 rings (SSSR count). The van der Waals surface area contributed by atoms with Crippen LogP contribution in [0.15, 0.2) is 48.7 Å². The molecule has 1 aromatic heterocycles. The van der Waals surface area contributed by atoms with E-state index in [0.717, 1.165) is 16.6 Å². The van der Waals surface area contributed by atoms with Crippen LogP contribution in [0.4, 0.5) is 19.7 Å². The van der Waals surface area contributed by atoms with Gasteiger partial charge in [-0.2, -0.15) is 5.10 Å². The summed E-state index contributed by atoms with van der Waals surface area (Å²) in [4.78, 5) is 29.9. The molecule has 30 heavy (non-hydrogen) atoms. The summed E-state index contributed by atoms with van der Waals surface area (Å²) in [5, 5.41) is 7.93. The highest BCUT2D eigenvalue weighted by atomic mass is 19.1. The maximum atomic E-state index is 14.3. The van der Waals surface area contributed by atoms with Crippen LogP contribution in [-0.2, 0) is 0 Å². The zero-order valence-electron chi connectivity index (χ0n) is 16.3. The Morgan fingerprint density at radius 2 is 1.73 bits per heavy atom. The van der Waals surface area contributed by atoms with Crippen LogP contribution in [0.3, 0.4) is 0 Å². The molecule has 9 heteroatoms. The van der Waals surface area contributed by atoms with Gasteiger partial charge in [-0.25, -0.2) is 18.7 Å². The Kier molecular flexibility index (Phi) is 4.50. The zero-order chi connectivity index (χ0) is 20.7. The molecule has 0 radical (unpaired) electrons. The Hall–Kier alpha value is -3.62. The number of anilines is 1. The van der Waals surface area contributed by atoms with Gasteiger partial charge < -0.3 is 15.1 Å². The number of carbonyl (C=O) groups excluding carboxylic acids is 2. The lowest BCUT2D eigenvalue weighted by molar-refractivity contribution is 0.201. The highest BCUT2D eigenvalue weighted by molar-refractivity contribution is 6.03. The average Bonchev–Trinajstić information content (AvgIpc) is 3.46. The second-order valence-corrected chi connectivity index (χ2v) is 7.36. The molecule has 3 heterocycles. The standard InChI is InChI=1S/C21H21FN6O2/c22-16-4-1-2-5-19(16)28-18-7-3-6-17(15(18)14-24-28)27-13-12-26(21(27)30)11-10-25-9-8-23-20(25)29/h1-7,14H,8-13H2,(H,23,29). The second-order valence-electron chi connectivity index (χ2n) is 7.36. The van der Waals surface area contributed by atoms with Crippen molar-refractivity contribution in [3.05, 3.63) is 54.5 Å². The maximum absolute atomic E-state index is 14.3. The van der Waals surface area contributed by atoms with Crippen LogP contribution in [0, 0.1) is 5.82 Å². The van der Waals surface area contributed by atoms with Gasteiger partial charge in [-0.3, -0.25) is 4.90 Å². The van der Waals surface area contributed by atoms with Crippen molar-refractivity contribution in [2.24, 2.45) is 0 Å². The molecule has 0 spiro atoms. The van der Waals surface area contributed by atoms with Crippen LogP contribution in [0.5, 0.6) is 0 Å². The molecule has 0 atom stereocenters. The molecule has 0 aliphatic carbocycles. The fraction of sp³-hybridized carbons (Fsp3) is 0.286. The first kappa shape index (κ1) is 18.4. The molecule has 2 aromatic carbocycles. The van der Waals surface area contributed by atoms with E-state index in [2.05, 4.69) is 10.4 Å². The Labute approximate surface area is 172 Å². The molecule has 2 fully saturated rings. The van der Waals surface area contributed by atoms with Gasteiger partial charge in [-0.05, 0) is 24.3 Å². The molecule has 3 aromatic rings. The van der Waals surface area contributed by atoms with Crippen molar-refractivity contribution in [1.29, 1.82) is 0 Å². The molecule has 1 N–H and O–H groups in total. The van der Waals surface area contributed by atoms with Gasteiger partial charge in [0.25, 0.3) is 0 Å². The molecule has 2 saturated heterocycles. The van der Waals surface area contributed by atoms with Gasteiger partial charge in [0.1, 0.15) is 11.5 Å². The first-order valence-corrected chi connectivity index (χ1v) is 9.94. The number of amides is 4. The van der Waals surface area contributed by atoms with Crippen LogP contribution in [0.1, 0.15) is 0 Å². The number of benzene rings is 2. The fourth-order valence-corrected chi connectivity index (χ4v) is 4.07. The van der Waals surface area contributed by atoms with Crippen LogP contribution < -0.4 is 10.2 Å². The number of urea groups is 2. The number of halogens is 1. The lowest BCUT2D eigenvalue weighted by atomic mass is 10.2. The predicted molar refractivity (Wildman–Crippen MR) is 110 cm³/mol. The third-order valence-electron chi connectivity index (χ3n) is 5.64. The van der Waals surface area contributed by atoms with Crippen molar-refractivity contribution in [2.75, 3.05) is 44.2 Å². The monoisotopic (exact) mass is 408 g/mol. The molecule has 2 aliphatic rings. The van der Waals surface area contributed by atoms with E-state index in [1.165, 1.54) is 6.07 Å². The van der Waals surface area contributed by atoms with E-state index in [9.17, 15) is 14.0 Å². The van der Waals surface area contributed by atoms with Gasteiger partial charge in [0.05, 0.1) is 17.4 Å². The minimum atomic E-state index is -0.359. The number of fused-ring (bicyclic) bond motifs is 1. The molecule has 0 unspecified atom stereocenters. The zero-order valence-corrected chi connectivity index (χ0v) is 16.3. The topological polar surface area (TPSA) is 73.7 Å². The molecule has 0 saturated carbocycles. The van der Waals surface area contributed by atoms with Crippen molar-refractivity contribution in [3.8, 4) is 5.69 Å². The van der Waals surface area contributed by atoms with Crippen LogP contribution in [0.25, 0.3) is 16.6 Å². The number of nitrogens with zero attached hydrogens (tertiary/aromatic N) is 5. The van der Waals surface area contributed by atoms with Crippen molar-refractivity contribution in [3.63, 3.8) is 0 Å². The maximum Gasteiger partial charge on any atom is 0.324 e. The van der Waals surface area contributed by atoms with Crippen LogP contribution in [0.2, 0.25) is 0 Å². The fourth-order valence-electron chi connectivity index (χ4n) is 4.07. The van der Waals surface area contributed by atoms with Crippen LogP contribution in [-0.4, -0.2) is 70.9 Å². The molecular weight excluding hydrogens is 387 g/mol. The smallest absolute Gasteiger partial charge is 0.324 e. The van der Waals surface area contributed by atoms with Crippen molar-refractivity contribution in [1.82, 2.24) is 24.9 Å². The summed E-state index contributed by atoms with van der Waals surface area (Å²) >= 11 is 0. The van der Waals surface area contributed by atoms with Crippen molar-refractivity contribution >= 4 is 28.7 Å². The Morgan fingerprint density at radius 3 is 2.53 bits per heavy atom. The van der Waals surface area contributed by atoms with E-state index in [1.807, 2.05) is 18.2 Å². The van der Waals surface area contributed by atoms with Gasteiger partial charge in [-0.1, -0.05) is 18.2 Å². The Bertz CT molecular complexity index is 1130.